The topological polar surface area (TPSA) is 127 Å². The van der Waals surface area contributed by atoms with Crippen LogP contribution in [0.25, 0.3) is 11.0 Å². The lowest BCUT2D eigenvalue weighted by molar-refractivity contribution is -0.384. The van der Waals surface area contributed by atoms with Gasteiger partial charge in [0.05, 0.1) is 28.2 Å². The van der Waals surface area contributed by atoms with Gasteiger partial charge in [0, 0.05) is 50.0 Å². The number of non-ortho nitro benzene ring substituents is 1. The summed E-state index contributed by atoms with van der Waals surface area (Å²) in [7, 11) is 0. The molecule has 11 nitrogen and oxygen atoms in total. The fourth-order valence-corrected chi connectivity index (χ4v) is 4.46. The fraction of sp³-hybridized carbons (Fsp3) is 0.500. The maximum Gasteiger partial charge on any atom is 0.407 e. The molecule has 2 aromatic heterocycles. The third kappa shape index (κ3) is 7.16. The number of likely N-dealkylation sites (tertiary alicyclic amines) is 1. The number of nitrogens with zero attached hydrogens (tertiary/aromatic N) is 5. The van der Waals surface area contributed by atoms with E-state index in [4.69, 9.17) is 9.72 Å². The van der Waals surface area contributed by atoms with Gasteiger partial charge in [0.1, 0.15) is 5.60 Å². The van der Waals surface area contributed by atoms with Gasteiger partial charge in [0.15, 0.2) is 0 Å². The average Bonchev–Trinajstić information content (AvgIpc) is 3.15. The predicted octanol–water partition coefficient (Wildman–Crippen LogP) is 4.10. The second-order valence-corrected chi connectivity index (χ2v) is 10.4. The number of piperidine rings is 1. The maximum absolute atomic E-state index is 11.9. The van der Waals surface area contributed by atoms with Gasteiger partial charge in [-0.1, -0.05) is 6.07 Å². The monoisotopic (exact) mass is 509 g/mol. The van der Waals surface area contributed by atoms with Crippen LogP contribution in [-0.4, -0.2) is 68.3 Å². The molecule has 3 heterocycles. The molecule has 1 saturated heterocycles. The molecule has 1 aromatic carbocycles. The van der Waals surface area contributed by atoms with Gasteiger partial charge in [0.25, 0.3) is 5.69 Å². The van der Waals surface area contributed by atoms with E-state index in [1.54, 1.807) is 12.1 Å². The summed E-state index contributed by atoms with van der Waals surface area (Å²) in [5.41, 5.74) is 2.70. The molecule has 1 amide bonds. The molecule has 0 saturated carbocycles. The molecular formula is C26H35N7O4. The van der Waals surface area contributed by atoms with Crippen molar-refractivity contribution in [3.8, 4) is 0 Å². The second-order valence-electron chi connectivity index (χ2n) is 10.4. The molecule has 4 rings (SSSR count). The first-order valence-corrected chi connectivity index (χ1v) is 12.6. The van der Waals surface area contributed by atoms with E-state index in [2.05, 4.69) is 20.5 Å². The van der Waals surface area contributed by atoms with E-state index in [0.717, 1.165) is 43.9 Å². The lowest BCUT2D eigenvalue weighted by Gasteiger charge is -2.32. The van der Waals surface area contributed by atoms with Gasteiger partial charge < -0.3 is 24.8 Å². The number of aryl methyl sites for hydroxylation is 1. The molecule has 0 bridgehead atoms. The number of nitro benzene ring substituents is 1. The van der Waals surface area contributed by atoms with Crippen LogP contribution in [0.5, 0.6) is 0 Å². The van der Waals surface area contributed by atoms with Gasteiger partial charge >= 0.3 is 6.09 Å². The van der Waals surface area contributed by atoms with Crippen LogP contribution >= 0.6 is 0 Å². The molecule has 0 spiro atoms. The fourth-order valence-electron chi connectivity index (χ4n) is 4.46. The van der Waals surface area contributed by atoms with E-state index >= 15 is 0 Å². The highest BCUT2D eigenvalue weighted by molar-refractivity contribution is 5.81. The van der Waals surface area contributed by atoms with E-state index in [0.29, 0.717) is 30.1 Å². The summed E-state index contributed by atoms with van der Waals surface area (Å²) in [6.45, 7) is 11.0. The summed E-state index contributed by atoms with van der Waals surface area (Å²) in [5.74, 6) is 0.684. The standard InChI is InChI=1S/C26H35N7O4/c1-18-6-5-7-20(28-18)17-32-23-16-21(33(35)36)8-9-22(23)30-24(32)29-19-10-13-31(14-11-19)15-12-27-25(34)37-26(2,3)4/h5-9,16,19H,10-15,17H2,1-4H3,(H,27,34)(H,29,30). The molecule has 198 valence electrons. The third-order valence-electron chi connectivity index (χ3n) is 6.23. The van der Waals surface area contributed by atoms with Crippen molar-refractivity contribution in [2.24, 2.45) is 0 Å². The van der Waals surface area contributed by atoms with Gasteiger partial charge in [-0.15, -0.1) is 0 Å². The van der Waals surface area contributed by atoms with E-state index in [-0.39, 0.29) is 16.7 Å². The molecule has 0 radical (unpaired) electrons. The van der Waals surface area contributed by atoms with Crippen molar-refractivity contribution in [2.45, 2.75) is 58.7 Å². The number of carbonyl (C=O) groups is 1. The predicted molar refractivity (Wildman–Crippen MR) is 142 cm³/mol. The number of carbonyl (C=O) groups excluding carboxylic acids is 1. The molecule has 0 aliphatic carbocycles. The Morgan fingerprint density at radius 3 is 2.62 bits per heavy atom. The zero-order valence-electron chi connectivity index (χ0n) is 21.9. The van der Waals surface area contributed by atoms with Crippen LogP contribution in [0.4, 0.5) is 16.4 Å². The number of hydrogen-bond donors (Lipinski definition) is 2. The number of pyridine rings is 1. The number of hydrogen-bond acceptors (Lipinski definition) is 8. The van der Waals surface area contributed by atoms with Crippen LogP contribution in [0.3, 0.4) is 0 Å². The van der Waals surface area contributed by atoms with Crippen molar-refractivity contribution >= 4 is 28.8 Å². The molecule has 1 aliphatic rings. The van der Waals surface area contributed by atoms with Crippen LogP contribution in [0.1, 0.15) is 45.0 Å². The Bertz CT molecular complexity index is 1260. The number of imidazole rings is 1. The van der Waals surface area contributed by atoms with E-state index < -0.39 is 11.7 Å². The first-order valence-electron chi connectivity index (χ1n) is 12.6. The van der Waals surface area contributed by atoms with Gasteiger partial charge in [0.2, 0.25) is 5.95 Å². The SMILES string of the molecule is Cc1cccc(Cn2c(NC3CCN(CCNC(=O)OC(C)(C)C)CC3)nc3ccc([N+](=O)[O-])cc32)n1. The molecule has 0 atom stereocenters. The normalized spacial score (nSPS) is 15.0. The molecule has 11 heteroatoms. The molecular weight excluding hydrogens is 474 g/mol. The van der Waals surface area contributed by atoms with E-state index in [1.807, 2.05) is 50.5 Å². The van der Waals surface area contributed by atoms with Crippen LogP contribution in [-0.2, 0) is 11.3 Å². The minimum absolute atomic E-state index is 0.0331. The number of benzene rings is 1. The highest BCUT2D eigenvalue weighted by Crippen LogP contribution is 2.27. The smallest absolute Gasteiger partial charge is 0.407 e. The Morgan fingerprint density at radius 1 is 1.19 bits per heavy atom. The number of ether oxygens (including phenoxy) is 1. The molecule has 3 aromatic rings. The van der Waals surface area contributed by atoms with Gasteiger partial charge in [-0.2, -0.15) is 0 Å². The van der Waals surface area contributed by atoms with Crippen molar-refractivity contribution in [3.05, 3.63) is 57.9 Å². The van der Waals surface area contributed by atoms with Crippen molar-refractivity contribution in [2.75, 3.05) is 31.5 Å². The Balaban J connectivity index is 1.41. The minimum atomic E-state index is -0.509. The lowest BCUT2D eigenvalue weighted by Crippen LogP contribution is -2.43. The van der Waals surface area contributed by atoms with Gasteiger partial charge in [-0.25, -0.2) is 9.78 Å². The zero-order chi connectivity index (χ0) is 26.6. The molecule has 2 N–H and O–H groups in total. The number of aromatic nitrogens is 3. The van der Waals surface area contributed by atoms with Gasteiger partial charge in [-0.05, 0) is 58.7 Å². The Hall–Kier alpha value is -3.73. The Kier molecular flexibility index (Phi) is 7.91. The van der Waals surface area contributed by atoms with Crippen molar-refractivity contribution < 1.29 is 14.5 Å². The van der Waals surface area contributed by atoms with Crippen LogP contribution in [0, 0.1) is 17.0 Å². The number of alkyl carbamates (subject to hydrolysis) is 1. The summed E-state index contributed by atoms with van der Waals surface area (Å²) in [5, 5.41) is 17.8. The molecule has 1 fully saturated rings. The third-order valence-corrected chi connectivity index (χ3v) is 6.23. The molecule has 1 aliphatic heterocycles. The highest BCUT2D eigenvalue weighted by Gasteiger charge is 2.23. The number of anilines is 1. The largest absolute Gasteiger partial charge is 0.444 e. The number of nitrogens with one attached hydrogen (secondary N) is 2. The summed E-state index contributed by atoms with van der Waals surface area (Å²) in [6.07, 6.45) is 1.43. The summed E-state index contributed by atoms with van der Waals surface area (Å²) in [4.78, 5) is 34.6. The van der Waals surface area contributed by atoms with Gasteiger partial charge in [-0.3, -0.25) is 15.1 Å². The summed E-state index contributed by atoms with van der Waals surface area (Å²) < 4.78 is 7.26. The lowest BCUT2D eigenvalue weighted by atomic mass is 10.1. The van der Waals surface area contributed by atoms with Crippen molar-refractivity contribution in [3.63, 3.8) is 0 Å². The average molecular weight is 510 g/mol. The van der Waals surface area contributed by atoms with E-state index in [9.17, 15) is 14.9 Å². The summed E-state index contributed by atoms with van der Waals surface area (Å²) in [6, 6.07) is 10.8. The minimum Gasteiger partial charge on any atom is -0.444 e. The highest BCUT2D eigenvalue weighted by atomic mass is 16.6. The van der Waals surface area contributed by atoms with E-state index in [1.165, 1.54) is 6.07 Å². The number of rotatable bonds is 8. The molecule has 0 unspecified atom stereocenters. The maximum atomic E-state index is 11.9. The molecule has 37 heavy (non-hydrogen) atoms. The number of amides is 1. The number of fused-ring (bicyclic) bond motifs is 1. The van der Waals surface area contributed by atoms with Crippen LogP contribution in [0.2, 0.25) is 0 Å². The van der Waals surface area contributed by atoms with Crippen molar-refractivity contribution in [1.82, 2.24) is 24.8 Å². The quantitative estimate of drug-likeness (QED) is 0.343. The van der Waals surface area contributed by atoms with Crippen LogP contribution < -0.4 is 10.6 Å². The second kappa shape index (κ2) is 11.1. The first-order chi connectivity index (χ1) is 17.6. The Labute approximate surface area is 216 Å². The van der Waals surface area contributed by atoms with Crippen LogP contribution in [0.15, 0.2) is 36.4 Å². The first kappa shape index (κ1) is 26.3. The van der Waals surface area contributed by atoms with Crippen molar-refractivity contribution in [1.29, 1.82) is 0 Å². The number of nitro groups is 1. The Morgan fingerprint density at radius 2 is 1.95 bits per heavy atom. The zero-order valence-corrected chi connectivity index (χ0v) is 21.9. The summed E-state index contributed by atoms with van der Waals surface area (Å²) >= 11 is 0.